The molecule has 0 bridgehead atoms. The van der Waals surface area contributed by atoms with Gasteiger partial charge < -0.3 is 15.0 Å². The molecule has 0 saturated carbocycles. The molecule has 1 aliphatic heterocycles. The molecule has 18 heavy (non-hydrogen) atoms. The van der Waals surface area contributed by atoms with Crippen molar-refractivity contribution in [3.63, 3.8) is 0 Å². The van der Waals surface area contributed by atoms with Gasteiger partial charge in [0.05, 0.1) is 17.6 Å². The first-order valence-electron chi connectivity index (χ1n) is 6.23. The lowest BCUT2D eigenvalue weighted by Crippen LogP contribution is -2.22. The molecule has 5 heteroatoms. The van der Waals surface area contributed by atoms with Crippen molar-refractivity contribution >= 4 is 17.0 Å². The molecule has 0 aliphatic carbocycles. The second-order valence-corrected chi connectivity index (χ2v) is 4.80. The van der Waals surface area contributed by atoms with Crippen LogP contribution in [0.3, 0.4) is 0 Å². The van der Waals surface area contributed by atoms with E-state index in [0.717, 1.165) is 43.6 Å². The smallest absolute Gasteiger partial charge is 0.201 e. The van der Waals surface area contributed by atoms with Crippen molar-refractivity contribution in [2.45, 2.75) is 19.4 Å². The number of nitrogen functional groups attached to an aromatic ring is 1. The predicted molar refractivity (Wildman–Crippen MR) is 67.6 cm³/mol. The topological polar surface area (TPSA) is 53.1 Å². The number of rotatable bonds is 2. The summed E-state index contributed by atoms with van der Waals surface area (Å²) < 4.78 is 20.6. The molecular weight excluding hydrogens is 233 g/mol. The Morgan fingerprint density at radius 2 is 2.39 bits per heavy atom. The molecule has 2 heterocycles. The van der Waals surface area contributed by atoms with E-state index in [1.54, 1.807) is 6.07 Å². The Bertz CT molecular complexity index is 561. The zero-order chi connectivity index (χ0) is 12.5. The first-order valence-corrected chi connectivity index (χ1v) is 6.23. The van der Waals surface area contributed by atoms with E-state index in [0.29, 0.717) is 11.9 Å². The fourth-order valence-electron chi connectivity index (χ4n) is 2.52. The van der Waals surface area contributed by atoms with Crippen LogP contribution in [0.1, 0.15) is 12.8 Å². The molecule has 1 fully saturated rings. The number of hydrogen-bond acceptors (Lipinski definition) is 3. The Morgan fingerprint density at radius 1 is 1.50 bits per heavy atom. The molecule has 1 atom stereocenters. The number of nitrogens with two attached hydrogens (primary N) is 1. The van der Waals surface area contributed by atoms with Gasteiger partial charge in [-0.1, -0.05) is 0 Å². The Labute approximate surface area is 105 Å². The molecule has 0 amide bonds. The van der Waals surface area contributed by atoms with Gasteiger partial charge in [-0.3, -0.25) is 0 Å². The van der Waals surface area contributed by atoms with Crippen LogP contribution in [0.15, 0.2) is 18.2 Å². The molecule has 3 rings (SSSR count). The van der Waals surface area contributed by atoms with E-state index < -0.39 is 0 Å². The van der Waals surface area contributed by atoms with Crippen LogP contribution >= 0.6 is 0 Å². The third-order valence-electron chi connectivity index (χ3n) is 3.44. The highest BCUT2D eigenvalue weighted by molar-refractivity contribution is 5.78. The fourth-order valence-corrected chi connectivity index (χ4v) is 2.52. The Balaban J connectivity index is 1.94. The maximum Gasteiger partial charge on any atom is 0.201 e. The molecule has 0 radical (unpaired) electrons. The summed E-state index contributed by atoms with van der Waals surface area (Å²) in [7, 11) is 0. The zero-order valence-corrected chi connectivity index (χ0v) is 10.1. The summed E-state index contributed by atoms with van der Waals surface area (Å²) >= 11 is 0. The van der Waals surface area contributed by atoms with Gasteiger partial charge in [-0.25, -0.2) is 9.37 Å². The molecule has 2 aromatic rings. The average Bonchev–Trinajstić information content (AvgIpc) is 2.67. The Morgan fingerprint density at radius 3 is 3.17 bits per heavy atom. The Hall–Kier alpha value is -1.62. The van der Waals surface area contributed by atoms with E-state index in [9.17, 15) is 4.39 Å². The quantitative estimate of drug-likeness (QED) is 0.887. The molecule has 0 spiro atoms. The van der Waals surface area contributed by atoms with Gasteiger partial charge in [-0.05, 0) is 31.0 Å². The van der Waals surface area contributed by atoms with Crippen LogP contribution in [-0.2, 0) is 11.3 Å². The van der Waals surface area contributed by atoms with Crippen molar-refractivity contribution in [1.82, 2.24) is 9.55 Å². The summed E-state index contributed by atoms with van der Waals surface area (Å²) in [5.74, 6) is 0.617. The van der Waals surface area contributed by atoms with Crippen molar-refractivity contribution in [2.75, 3.05) is 18.9 Å². The second kappa shape index (κ2) is 4.57. The van der Waals surface area contributed by atoms with Gasteiger partial charge in [0.15, 0.2) is 0 Å². The molecule has 1 saturated heterocycles. The van der Waals surface area contributed by atoms with E-state index in [2.05, 4.69) is 4.98 Å². The summed E-state index contributed by atoms with van der Waals surface area (Å²) in [5.41, 5.74) is 7.41. The van der Waals surface area contributed by atoms with Crippen molar-refractivity contribution in [1.29, 1.82) is 0 Å². The summed E-state index contributed by atoms with van der Waals surface area (Å²) in [6.07, 6.45) is 2.19. The molecule has 1 aliphatic rings. The maximum absolute atomic E-state index is 13.3. The largest absolute Gasteiger partial charge is 0.381 e. The van der Waals surface area contributed by atoms with Gasteiger partial charge in [0.25, 0.3) is 0 Å². The van der Waals surface area contributed by atoms with Crippen LogP contribution in [0, 0.1) is 11.7 Å². The number of nitrogens with zero attached hydrogens (tertiary/aromatic N) is 2. The fraction of sp³-hybridized carbons (Fsp3) is 0.462. The van der Waals surface area contributed by atoms with Gasteiger partial charge in [-0.15, -0.1) is 0 Å². The molecule has 1 aromatic heterocycles. The van der Waals surface area contributed by atoms with Gasteiger partial charge in [0.1, 0.15) is 5.82 Å². The second-order valence-electron chi connectivity index (χ2n) is 4.80. The first-order chi connectivity index (χ1) is 8.74. The van der Waals surface area contributed by atoms with Crippen LogP contribution in [0.2, 0.25) is 0 Å². The third kappa shape index (κ3) is 2.06. The molecule has 2 N–H and O–H groups in total. The molecule has 1 unspecified atom stereocenters. The average molecular weight is 249 g/mol. The normalized spacial score (nSPS) is 20.4. The highest BCUT2D eigenvalue weighted by atomic mass is 19.1. The number of aromatic nitrogens is 2. The van der Waals surface area contributed by atoms with Crippen LogP contribution in [-0.4, -0.2) is 22.8 Å². The summed E-state index contributed by atoms with van der Waals surface area (Å²) in [4.78, 5) is 4.25. The molecule has 4 nitrogen and oxygen atoms in total. The minimum atomic E-state index is -0.261. The van der Waals surface area contributed by atoms with Crippen LogP contribution in [0.5, 0.6) is 0 Å². The third-order valence-corrected chi connectivity index (χ3v) is 3.44. The monoisotopic (exact) mass is 249 g/mol. The lowest BCUT2D eigenvalue weighted by molar-refractivity contribution is 0.0490. The molecule has 1 aromatic carbocycles. The van der Waals surface area contributed by atoms with E-state index in [-0.39, 0.29) is 5.82 Å². The number of imidazole rings is 1. The van der Waals surface area contributed by atoms with Crippen molar-refractivity contribution in [2.24, 2.45) is 5.92 Å². The van der Waals surface area contributed by atoms with Gasteiger partial charge >= 0.3 is 0 Å². The molecule has 96 valence electrons. The minimum Gasteiger partial charge on any atom is -0.381 e. The minimum absolute atomic E-state index is 0.261. The summed E-state index contributed by atoms with van der Waals surface area (Å²) in [6, 6.07) is 4.56. The van der Waals surface area contributed by atoms with Crippen LogP contribution < -0.4 is 5.73 Å². The highest BCUT2D eigenvalue weighted by Gasteiger charge is 2.17. The lowest BCUT2D eigenvalue weighted by atomic mass is 10.0. The van der Waals surface area contributed by atoms with E-state index in [1.165, 1.54) is 12.1 Å². The number of halogens is 1. The standard InChI is InChI=1S/C13H16FN3O/c14-10-3-4-11-12(6-10)17(13(15)16-11)7-9-2-1-5-18-8-9/h3-4,6,9H,1-2,5,7-8H2,(H2,15,16). The van der Waals surface area contributed by atoms with Crippen LogP contribution in [0.25, 0.3) is 11.0 Å². The lowest BCUT2D eigenvalue weighted by Gasteiger charge is -2.23. The van der Waals surface area contributed by atoms with Gasteiger partial charge in [0, 0.05) is 19.1 Å². The van der Waals surface area contributed by atoms with E-state index >= 15 is 0 Å². The number of hydrogen-bond donors (Lipinski definition) is 1. The van der Waals surface area contributed by atoms with Gasteiger partial charge in [-0.2, -0.15) is 0 Å². The number of benzene rings is 1. The summed E-state index contributed by atoms with van der Waals surface area (Å²) in [6.45, 7) is 2.32. The van der Waals surface area contributed by atoms with Crippen molar-refractivity contribution < 1.29 is 9.13 Å². The van der Waals surface area contributed by atoms with E-state index in [4.69, 9.17) is 10.5 Å². The number of ether oxygens (including phenoxy) is 1. The SMILES string of the molecule is Nc1nc2ccc(F)cc2n1CC1CCCOC1. The van der Waals surface area contributed by atoms with Gasteiger partial charge in [0.2, 0.25) is 5.95 Å². The zero-order valence-electron chi connectivity index (χ0n) is 10.1. The highest BCUT2D eigenvalue weighted by Crippen LogP contribution is 2.23. The Kier molecular flexibility index (Phi) is 2.91. The van der Waals surface area contributed by atoms with E-state index in [1.807, 2.05) is 4.57 Å². The predicted octanol–water partition coefficient (Wildman–Crippen LogP) is 2.18. The van der Waals surface area contributed by atoms with Crippen LogP contribution in [0.4, 0.5) is 10.3 Å². The summed E-state index contributed by atoms with van der Waals surface area (Å²) in [5, 5.41) is 0. The first kappa shape index (κ1) is 11.5. The van der Waals surface area contributed by atoms with Crippen molar-refractivity contribution in [3.8, 4) is 0 Å². The maximum atomic E-state index is 13.3. The number of fused-ring (bicyclic) bond motifs is 1. The molecular formula is C13H16FN3O. The van der Waals surface area contributed by atoms with Crippen molar-refractivity contribution in [3.05, 3.63) is 24.0 Å². The number of anilines is 1.